The average molecular weight is 297 g/mol. The Kier molecular flexibility index (Phi) is 6.02. The summed E-state index contributed by atoms with van der Waals surface area (Å²) in [7, 11) is 5.47. The molecule has 0 aliphatic carbocycles. The second-order valence-electron chi connectivity index (χ2n) is 6.00. The molecule has 0 saturated carbocycles. The SMILES string of the molecule is CC(C)Cn1c(N)c(NCCCN(C)C)c(=O)n(C)c1=O. The number of anilines is 2. The first kappa shape index (κ1) is 17.3. The summed E-state index contributed by atoms with van der Waals surface area (Å²) in [5.74, 6) is 0.491. The second kappa shape index (κ2) is 7.31. The van der Waals surface area contributed by atoms with Crippen molar-refractivity contribution in [3.8, 4) is 0 Å². The summed E-state index contributed by atoms with van der Waals surface area (Å²) in [5.41, 5.74) is 5.59. The summed E-state index contributed by atoms with van der Waals surface area (Å²) in [5, 5.41) is 3.07. The summed E-state index contributed by atoms with van der Waals surface area (Å²) in [6, 6.07) is 0. The highest BCUT2D eigenvalue weighted by Gasteiger charge is 2.15. The topological polar surface area (TPSA) is 85.3 Å². The Bertz CT molecular complexity index is 586. The minimum Gasteiger partial charge on any atom is -0.383 e. The maximum atomic E-state index is 12.2. The first-order valence-corrected chi connectivity index (χ1v) is 7.23. The fraction of sp³-hybridized carbons (Fsp3) is 0.714. The van der Waals surface area contributed by atoms with E-state index < -0.39 is 0 Å². The van der Waals surface area contributed by atoms with Crippen molar-refractivity contribution in [2.24, 2.45) is 13.0 Å². The monoisotopic (exact) mass is 297 g/mol. The summed E-state index contributed by atoms with van der Waals surface area (Å²) in [4.78, 5) is 26.4. The van der Waals surface area contributed by atoms with Crippen molar-refractivity contribution < 1.29 is 0 Å². The Labute approximate surface area is 125 Å². The van der Waals surface area contributed by atoms with Crippen molar-refractivity contribution in [3.63, 3.8) is 0 Å². The van der Waals surface area contributed by atoms with Crippen LogP contribution in [0.5, 0.6) is 0 Å². The Balaban J connectivity index is 3.06. The van der Waals surface area contributed by atoms with Crippen molar-refractivity contribution in [3.05, 3.63) is 20.8 Å². The molecular weight excluding hydrogens is 270 g/mol. The van der Waals surface area contributed by atoms with Gasteiger partial charge in [-0.25, -0.2) is 4.79 Å². The van der Waals surface area contributed by atoms with Gasteiger partial charge < -0.3 is 16.0 Å². The summed E-state index contributed by atoms with van der Waals surface area (Å²) in [6.45, 7) is 6.05. The summed E-state index contributed by atoms with van der Waals surface area (Å²) >= 11 is 0. The number of nitrogen functional groups attached to an aromatic ring is 1. The van der Waals surface area contributed by atoms with Crippen molar-refractivity contribution in [1.82, 2.24) is 14.0 Å². The summed E-state index contributed by atoms with van der Waals surface area (Å²) in [6.07, 6.45) is 0.888. The third-order valence-electron chi connectivity index (χ3n) is 3.21. The molecule has 7 heteroatoms. The molecule has 0 fully saturated rings. The number of nitrogens with two attached hydrogens (primary N) is 1. The third kappa shape index (κ3) is 4.35. The molecule has 0 aromatic carbocycles. The molecule has 0 aliphatic heterocycles. The molecule has 0 saturated heterocycles. The minimum atomic E-state index is -0.373. The standard InChI is InChI=1S/C14H27N5O2/c1-10(2)9-19-12(15)11(13(20)18(5)14(19)21)16-7-6-8-17(3)4/h10,16H,6-9,15H2,1-5H3. The second-order valence-corrected chi connectivity index (χ2v) is 6.00. The number of nitrogens with zero attached hydrogens (tertiary/aromatic N) is 3. The van der Waals surface area contributed by atoms with Gasteiger partial charge in [0.25, 0.3) is 5.56 Å². The normalized spacial score (nSPS) is 11.4. The number of rotatable bonds is 7. The van der Waals surface area contributed by atoms with Gasteiger partial charge in [0.2, 0.25) is 0 Å². The Morgan fingerprint density at radius 1 is 1.29 bits per heavy atom. The zero-order chi connectivity index (χ0) is 16.2. The number of hydrogen-bond acceptors (Lipinski definition) is 5. The molecule has 120 valence electrons. The summed E-state index contributed by atoms with van der Waals surface area (Å²) < 4.78 is 2.56. The van der Waals surface area contributed by atoms with Crippen molar-refractivity contribution >= 4 is 11.5 Å². The molecular formula is C14H27N5O2. The van der Waals surface area contributed by atoms with Crippen molar-refractivity contribution in [2.75, 3.05) is 38.2 Å². The fourth-order valence-corrected chi connectivity index (χ4v) is 2.10. The Hall–Kier alpha value is -1.76. The molecule has 21 heavy (non-hydrogen) atoms. The van der Waals surface area contributed by atoms with E-state index in [1.165, 1.54) is 11.6 Å². The van der Waals surface area contributed by atoms with E-state index in [2.05, 4.69) is 10.2 Å². The molecule has 1 heterocycles. The van der Waals surface area contributed by atoms with E-state index in [1.54, 1.807) is 0 Å². The lowest BCUT2D eigenvalue weighted by molar-refractivity contribution is 0.405. The van der Waals surface area contributed by atoms with Gasteiger partial charge in [-0.05, 0) is 33.0 Å². The molecule has 1 aromatic heterocycles. The maximum absolute atomic E-state index is 12.2. The molecule has 7 nitrogen and oxygen atoms in total. The first-order valence-electron chi connectivity index (χ1n) is 7.23. The predicted octanol–water partition coefficient (Wildman–Crippen LogP) is 0.149. The first-order chi connectivity index (χ1) is 9.75. The van der Waals surface area contributed by atoms with Crippen LogP contribution in [0.25, 0.3) is 0 Å². The highest BCUT2D eigenvalue weighted by molar-refractivity contribution is 5.60. The van der Waals surface area contributed by atoms with Gasteiger partial charge in [-0.15, -0.1) is 0 Å². The molecule has 1 rings (SSSR count). The van der Waals surface area contributed by atoms with E-state index in [0.717, 1.165) is 17.5 Å². The lowest BCUT2D eigenvalue weighted by Gasteiger charge is -2.17. The van der Waals surface area contributed by atoms with Crippen LogP contribution in [0.4, 0.5) is 11.5 Å². The molecule has 0 amide bonds. The molecule has 0 aliphatic rings. The maximum Gasteiger partial charge on any atom is 0.332 e. The fourth-order valence-electron chi connectivity index (χ4n) is 2.10. The molecule has 0 spiro atoms. The van der Waals surface area contributed by atoms with Crippen LogP contribution in [-0.4, -0.2) is 41.2 Å². The van der Waals surface area contributed by atoms with E-state index in [-0.39, 0.29) is 23.0 Å². The smallest absolute Gasteiger partial charge is 0.332 e. The third-order valence-corrected chi connectivity index (χ3v) is 3.21. The lowest BCUT2D eigenvalue weighted by atomic mass is 10.2. The van der Waals surface area contributed by atoms with Crippen molar-refractivity contribution in [1.29, 1.82) is 0 Å². The van der Waals surface area contributed by atoms with Gasteiger partial charge >= 0.3 is 5.69 Å². The highest BCUT2D eigenvalue weighted by Crippen LogP contribution is 2.12. The zero-order valence-corrected chi connectivity index (χ0v) is 13.6. The largest absolute Gasteiger partial charge is 0.383 e. The Morgan fingerprint density at radius 3 is 2.43 bits per heavy atom. The van der Waals surface area contributed by atoms with Crippen LogP contribution in [0, 0.1) is 5.92 Å². The van der Waals surface area contributed by atoms with Crippen LogP contribution in [0.3, 0.4) is 0 Å². The molecule has 1 aromatic rings. The van der Waals surface area contributed by atoms with Gasteiger partial charge in [0.05, 0.1) is 0 Å². The van der Waals surface area contributed by atoms with Gasteiger partial charge in [0.1, 0.15) is 11.5 Å². The van der Waals surface area contributed by atoms with E-state index in [9.17, 15) is 9.59 Å². The predicted molar refractivity (Wildman–Crippen MR) is 86.9 cm³/mol. The van der Waals surface area contributed by atoms with E-state index in [0.29, 0.717) is 18.8 Å². The van der Waals surface area contributed by atoms with Crippen LogP contribution in [0.1, 0.15) is 20.3 Å². The van der Waals surface area contributed by atoms with Crippen LogP contribution >= 0.6 is 0 Å². The van der Waals surface area contributed by atoms with Crippen LogP contribution < -0.4 is 22.3 Å². The van der Waals surface area contributed by atoms with E-state index >= 15 is 0 Å². The van der Waals surface area contributed by atoms with Crippen molar-refractivity contribution in [2.45, 2.75) is 26.8 Å². The Morgan fingerprint density at radius 2 is 1.90 bits per heavy atom. The minimum absolute atomic E-state index is 0.224. The zero-order valence-electron chi connectivity index (χ0n) is 13.6. The lowest BCUT2D eigenvalue weighted by Crippen LogP contribution is -2.41. The van der Waals surface area contributed by atoms with Crippen LogP contribution in [-0.2, 0) is 13.6 Å². The van der Waals surface area contributed by atoms with E-state index in [1.807, 2.05) is 27.9 Å². The van der Waals surface area contributed by atoms with Gasteiger partial charge in [0.15, 0.2) is 0 Å². The van der Waals surface area contributed by atoms with E-state index in [4.69, 9.17) is 5.73 Å². The highest BCUT2D eigenvalue weighted by atomic mass is 16.2. The van der Waals surface area contributed by atoms with Crippen LogP contribution in [0.2, 0.25) is 0 Å². The number of hydrogen-bond donors (Lipinski definition) is 2. The number of nitrogens with one attached hydrogen (secondary N) is 1. The molecule has 3 N–H and O–H groups in total. The van der Waals surface area contributed by atoms with Gasteiger partial charge in [-0.2, -0.15) is 0 Å². The molecule has 0 radical (unpaired) electrons. The molecule has 0 unspecified atom stereocenters. The molecule has 0 atom stereocenters. The van der Waals surface area contributed by atoms with Gasteiger partial charge in [0, 0.05) is 20.1 Å². The quantitative estimate of drug-likeness (QED) is 0.700. The van der Waals surface area contributed by atoms with Crippen LogP contribution in [0.15, 0.2) is 9.59 Å². The van der Waals surface area contributed by atoms with Gasteiger partial charge in [-0.3, -0.25) is 13.9 Å². The average Bonchev–Trinajstić information content (AvgIpc) is 2.40. The number of aromatic nitrogens is 2. The molecule has 0 bridgehead atoms. The van der Waals surface area contributed by atoms with Gasteiger partial charge in [-0.1, -0.05) is 13.8 Å².